The molecule has 1 aromatic carbocycles. The quantitative estimate of drug-likeness (QED) is 0.791. The molecule has 0 bridgehead atoms. The van der Waals surface area contributed by atoms with Crippen molar-refractivity contribution in [2.24, 2.45) is 0 Å². The summed E-state index contributed by atoms with van der Waals surface area (Å²) in [6.07, 6.45) is 3.92. The highest BCUT2D eigenvalue weighted by molar-refractivity contribution is 7.82. The lowest BCUT2D eigenvalue weighted by molar-refractivity contribution is 0.203. The molecule has 1 saturated heterocycles. The smallest absolute Gasteiger partial charge is 0.213 e. The Labute approximate surface area is 164 Å². The highest BCUT2D eigenvalue weighted by atomic mass is 32.2. The number of ether oxygens (including phenoxy) is 1. The molecule has 0 amide bonds. The zero-order chi connectivity index (χ0) is 19.2. The van der Waals surface area contributed by atoms with Crippen molar-refractivity contribution in [1.29, 1.82) is 0 Å². The second-order valence-electron chi connectivity index (χ2n) is 7.19. The summed E-state index contributed by atoms with van der Waals surface area (Å²) in [5, 5.41) is 0. The van der Waals surface area contributed by atoms with Gasteiger partial charge in [0.25, 0.3) is 0 Å². The van der Waals surface area contributed by atoms with E-state index in [1.54, 1.807) is 13.4 Å². The van der Waals surface area contributed by atoms with Crippen molar-refractivity contribution in [1.82, 2.24) is 14.6 Å². The molecule has 2 atom stereocenters. The number of piperidine rings is 1. The molecule has 2 heterocycles. The maximum atomic E-state index is 11.3. The maximum absolute atomic E-state index is 11.3. The van der Waals surface area contributed by atoms with E-state index in [1.807, 2.05) is 19.1 Å². The van der Waals surface area contributed by atoms with Crippen molar-refractivity contribution in [3.63, 3.8) is 0 Å². The van der Waals surface area contributed by atoms with Crippen molar-refractivity contribution in [2.45, 2.75) is 38.3 Å². The number of hydrogen-bond donors (Lipinski definition) is 1. The standard InChI is InChI=1S/C21H29N3O2S/c1-16(23-27(3)25)18-9-7-17(8-10-18)15-24-13-11-19(12-14-24)20-5-4-6-21(22-20)26-2/h4-10,16,19,23H,11-15H2,1-3H3/t16-,27?/m1/s1. The van der Waals surface area contributed by atoms with Crippen LogP contribution in [-0.2, 0) is 17.5 Å². The molecule has 0 saturated carbocycles. The first-order valence-electron chi connectivity index (χ1n) is 9.47. The summed E-state index contributed by atoms with van der Waals surface area (Å²) in [5.74, 6) is 1.21. The largest absolute Gasteiger partial charge is 0.481 e. The number of nitrogens with zero attached hydrogens (tertiary/aromatic N) is 2. The number of aromatic nitrogens is 1. The third kappa shape index (κ3) is 5.61. The number of likely N-dealkylation sites (tertiary alicyclic amines) is 1. The van der Waals surface area contributed by atoms with Crippen molar-refractivity contribution in [3.8, 4) is 5.88 Å². The van der Waals surface area contributed by atoms with Crippen LogP contribution in [0, 0.1) is 0 Å². The molecule has 1 aliphatic heterocycles. The van der Waals surface area contributed by atoms with Crippen molar-refractivity contribution in [3.05, 3.63) is 59.3 Å². The summed E-state index contributed by atoms with van der Waals surface area (Å²) in [7, 11) is 0.665. The number of rotatable bonds is 7. The van der Waals surface area contributed by atoms with Crippen molar-refractivity contribution in [2.75, 3.05) is 26.5 Å². The Bertz CT molecular complexity index is 758. The van der Waals surface area contributed by atoms with Crippen LogP contribution in [0.1, 0.15) is 48.5 Å². The van der Waals surface area contributed by atoms with Gasteiger partial charge in [-0.1, -0.05) is 30.3 Å². The van der Waals surface area contributed by atoms with Crippen LogP contribution in [0.25, 0.3) is 0 Å². The van der Waals surface area contributed by atoms with Gasteiger partial charge in [0, 0.05) is 36.5 Å². The zero-order valence-corrected chi connectivity index (χ0v) is 17.2. The molecule has 1 aliphatic rings. The molecule has 1 fully saturated rings. The number of nitrogens with one attached hydrogen (secondary N) is 1. The van der Waals surface area contributed by atoms with E-state index >= 15 is 0 Å². The minimum atomic E-state index is -1.000. The van der Waals surface area contributed by atoms with Gasteiger partial charge in [0.1, 0.15) is 0 Å². The Hall–Kier alpha value is -1.76. The predicted octanol–water partition coefficient (Wildman–Crippen LogP) is 3.41. The normalized spacial score (nSPS) is 18.2. The fourth-order valence-corrected chi connectivity index (χ4v) is 4.28. The molecule has 0 spiro atoms. The van der Waals surface area contributed by atoms with E-state index in [2.05, 4.69) is 44.9 Å². The molecule has 0 aliphatic carbocycles. The Morgan fingerprint density at radius 1 is 1.22 bits per heavy atom. The van der Waals surface area contributed by atoms with Crippen LogP contribution in [-0.4, -0.2) is 40.5 Å². The Morgan fingerprint density at radius 3 is 2.56 bits per heavy atom. The van der Waals surface area contributed by atoms with Crippen molar-refractivity contribution >= 4 is 11.0 Å². The van der Waals surface area contributed by atoms with Crippen molar-refractivity contribution < 1.29 is 8.95 Å². The van der Waals surface area contributed by atoms with Crippen LogP contribution >= 0.6 is 0 Å². The van der Waals surface area contributed by atoms with Crippen LogP contribution in [0.4, 0.5) is 0 Å². The van der Waals surface area contributed by atoms with E-state index in [1.165, 1.54) is 5.56 Å². The van der Waals surface area contributed by atoms with Gasteiger partial charge in [-0.15, -0.1) is 0 Å². The minimum Gasteiger partial charge on any atom is -0.481 e. The fraction of sp³-hybridized carbons (Fsp3) is 0.476. The molecule has 3 rings (SSSR count). The van der Waals surface area contributed by atoms with Gasteiger partial charge in [0.05, 0.1) is 18.1 Å². The molecule has 1 N–H and O–H groups in total. The maximum Gasteiger partial charge on any atom is 0.213 e. The summed E-state index contributed by atoms with van der Waals surface area (Å²) >= 11 is 0. The number of methoxy groups -OCH3 is 1. The van der Waals surface area contributed by atoms with E-state index in [-0.39, 0.29) is 6.04 Å². The third-order valence-electron chi connectivity index (χ3n) is 5.19. The number of benzene rings is 1. The lowest BCUT2D eigenvalue weighted by Crippen LogP contribution is -2.32. The monoisotopic (exact) mass is 387 g/mol. The second-order valence-corrected chi connectivity index (χ2v) is 8.33. The van der Waals surface area contributed by atoms with Gasteiger partial charge in [-0.3, -0.25) is 4.90 Å². The average molecular weight is 388 g/mol. The molecule has 1 aromatic heterocycles. The topological polar surface area (TPSA) is 54.5 Å². The molecule has 2 aromatic rings. The molecule has 6 heteroatoms. The average Bonchev–Trinajstić information content (AvgIpc) is 2.68. The van der Waals surface area contributed by atoms with E-state index in [0.29, 0.717) is 11.8 Å². The summed E-state index contributed by atoms with van der Waals surface area (Å²) < 4.78 is 19.6. The molecule has 1 unspecified atom stereocenters. The van der Waals surface area contributed by atoms with Crippen LogP contribution in [0.5, 0.6) is 5.88 Å². The molecule has 0 radical (unpaired) electrons. The molecule has 27 heavy (non-hydrogen) atoms. The summed E-state index contributed by atoms with van der Waals surface area (Å²) in [6, 6.07) is 14.8. The Kier molecular flexibility index (Phi) is 6.99. The van der Waals surface area contributed by atoms with Gasteiger partial charge in [-0.25, -0.2) is 13.9 Å². The Balaban J connectivity index is 1.52. The third-order valence-corrected chi connectivity index (χ3v) is 5.87. The Morgan fingerprint density at radius 2 is 1.93 bits per heavy atom. The summed E-state index contributed by atoms with van der Waals surface area (Å²) in [6.45, 7) is 5.17. The molecule has 5 nitrogen and oxygen atoms in total. The van der Waals surface area contributed by atoms with E-state index in [4.69, 9.17) is 4.74 Å². The van der Waals surface area contributed by atoms with Gasteiger partial charge in [0.2, 0.25) is 5.88 Å². The van der Waals surface area contributed by atoms with Gasteiger partial charge in [0.15, 0.2) is 0 Å². The zero-order valence-electron chi connectivity index (χ0n) is 16.4. The van der Waals surface area contributed by atoms with Gasteiger partial charge in [-0.2, -0.15) is 0 Å². The first kappa shape index (κ1) is 20.0. The molecular formula is C21H29N3O2S. The first-order chi connectivity index (χ1) is 13.0. The molecule has 146 valence electrons. The SMILES string of the molecule is COc1cccc(C2CCN(Cc3ccc([C@@H](C)NS(C)=O)cc3)CC2)n1. The summed E-state index contributed by atoms with van der Waals surface area (Å²) in [4.78, 5) is 7.11. The molecular weight excluding hydrogens is 358 g/mol. The van der Waals surface area contributed by atoms with E-state index < -0.39 is 11.0 Å². The van der Waals surface area contributed by atoms with Crippen LogP contribution in [0.3, 0.4) is 0 Å². The van der Waals surface area contributed by atoms with Crippen LogP contribution < -0.4 is 9.46 Å². The number of hydrogen-bond acceptors (Lipinski definition) is 4. The predicted molar refractivity (Wildman–Crippen MR) is 110 cm³/mol. The van der Waals surface area contributed by atoms with Gasteiger partial charge in [-0.05, 0) is 50.0 Å². The van der Waals surface area contributed by atoms with E-state index in [9.17, 15) is 4.21 Å². The number of pyridine rings is 1. The second kappa shape index (κ2) is 9.44. The highest BCUT2D eigenvalue weighted by Gasteiger charge is 2.22. The fourth-order valence-electron chi connectivity index (χ4n) is 3.65. The van der Waals surface area contributed by atoms with Crippen LogP contribution in [0.15, 0.2) is 42.5 Å². The van der Waals surface area contributed by atoms with Crippen LogP contribution in [0.2, 0.25) is 0 Å². The minimum absolute atomic E-state index is 0.0935. The first-order valence-corrected chi connectivity index (χ1v) is 11.0. The summed E-state index contributed by atoms with van der Waals surface area (Å²) in [5.41, 5.74) is 3.63. The lowest BCUT2D eigenvalue weighted by Gasteiger charge is -2.31. The van der Waals surface area contributed by atoms with E-state index in [0.717, 1.165) is 43.7 Å². The highest BCUT2D eigenvalue weighted by Crippen LogP contribution is 2.28. The lowest BCUT2D eigenvalue weighted by atomic mass is 9.92. The van der Waals surface area contributed by atoms with Gasteiger partial charge < -0.3 is 4.74 Å². The van der Waals surface area contributed by atoms with Gasteiger partial charge >= 0.3 is 0 Å².